The summed E-state index contributed by atoms with van der Waals surface area (Å²) in [6.45, 7) is 3.48. The fourth-order valence-corrected chi connectivity index (χ4v) is 2.09. The number of halogens is 1. The number of nitrogens with one attached hydrogen (secondary N) is 3. The lowest BCUT2D eigenvalue weighted by molar-refractivity contribution is 0.0934. The highest BCUT2D eigenvalue weighted by Gasteiger charge is 2.13. The molecule has 2 rings (SSSR count). The lowest BCUT2D eigenvalue weighted by Gasteiger charge is -2.15. The Labute approximate surface area is 132 Å². The van der Waals surface area contributed by atoms with Gasteiger partial charge >= 0.3 is 6.03 Å². The van der Waals surface area contributed by atoms with Crippen LogP contribution in [0.25, 0.3) is 0 Å². The molecule has 7 heteroatoms. The second kappa shape index (κ2) is 7.00. The largest absolute Gasteiger partial charge is 0.469 e. The number of amides is 3. The maximum atomic E-state index is 11.8. The zero-order valence-electron chi connectivity index (χ0n) is 12.1. The van der Waals surface area contributed by atoms with Crippen LogP contribution in [0.1, 0.15) is 34.6 Å². The summed E-state index contributed by atoms with van der Waals surface area (Å²) in [5.41, 5.74) is 5.82. The zero-order chi connectivity index (χ0) is 16.1. The van der Waals surface area contributed by atoms with E-state index >= 15 is 0 Å². The van der Waals surface area contributed by atoms with Crippen LogP contribution >= 0.6 is 11.6 Å². The maximum absolute atomic E-state index is 11.8. The third-order valence-corrected chi connectivity index (χ3v) is 3.32. The van der Waals surface area contributed by atoms with Crippen molar-refractivity contribution in [1.29, 1.82) is 0 Å². The van der Waals surface area contributed by atoms with E-state index in [1.54, 1.807) is 25.1 Å². The van der Waals surface area contributed by atoms with Crippen LogP contribution in [0.15, 0.2) is 41.0 Å². The molecule has 2 aromatic rings. The van der Waals surface area contributed by atoms with E-state index in [2.05, 4.69) is 16.2 Å². The van der Waals surface area contributed by atoms with Gasteiger partial charge in [-0.1, -0.05) is 23.7 Å². The Hall–Kier alpha value is -2.47. The molecule has 0 fully saturated rings. The highest BCUT2D eigenvalue weighted by Crippen LogP contribution is 2.17. The van der Waals surface area contributed by atoms with Gasteiger partial charge in [0.25, 0.3) is 5.91 Å². The third-order valence-electron chi connectivity index (χ3n) is 3.09. The van der Waals surface area contributed by atoms with E-state index < -0.39 is 11.9 Å². The van der Waals surface area contributed by atoms with E-state index in [1.165, 1.54) is 12.3 Å². The smallest absolute Gasteiger partial charge is 0.333 e. The molecule has 0 bridgehead atoms. The van der Waals surface area contributed by atoms with Gasteiger partial charge in [-0.2, -0.15) is 0 Å². The zero-order valence-corrected chi connectivity index (χ0v) is 12.9. The number of rotatable bonds is 3. The number of hydrazine groups is 1. The summed E-state index contributed by atoms with van der Waals surface area (Å²) in [7, 11) is 0. The van der Waals surface area contributed by atoms with Crippen molar-refractivity contribution in [1.82, 2.24) is 16.2 Å². The first-order valence-corrected chi connectivity index (χ1v) is 7.01. The molecule has 0 aliphatic rings. The minimum atomic E-state index is -0.526. The summed E-state index contributed by atoms with van der Waals surface area (Å²) in [5.74, 6) is 0.0313. The highest BCUT2D eigenvalue weighted by atomic mass is 35.5. The lowest BCUT2D eigenvalue weighted by Crippen LogP contribution is -2.47. The summed E-state index contributed by atoms with van der Waals surface area (Å²) >= 11 is 5.91. The molecule has 3 amide bonds. The van der Waals surface area contributed by atoms with Gasteiger partial charge in [0.05, 0.1) is 17.9 Å². The van der Waals surface area contributed by atoms with E-state index in [9.17, 15) is 9.59 Å². The van der Waals surface area contributed by atoms with Gasteiger partial charge in [0.15, 0.2) is 0 Å². The van der Waals surface area contributed by atoms with Crippen molar-refractivity contribution in [2.24, 2.45) is 0 Å². The molecule has 1 heterocycles. The topological polar surface area (TPSA) is 83.4 Å². The van der Waals surface area contributed by atoms with Crippen LogP contribution in [0.3, 0.4) is 0 Å². The number of hydrogen-bond acceptors (Lipinski definition) is 3. The second-order valence-corrected chi connectivity index (χ2v) is 5.16. The van der Waals surface area contributed by atoms with Crippen LogP contribution in [-0.4, -0.2) is 11.9 Å². The van der Waals surface area contributed by atoms with Gasteiger partial charge in [0.1, 0.15) is 5.76 Å². The number of furan rings is 1. The molecule has 0 saturated heterocycles. The molecule has 0 saturated carbocycles. The Balaban J connectivity index is 1.85. The van der Waals surface area contributed by atoms with Gasteiger partial charge in [-0.3, -0.25) is 10.2 Å². The van der Waals surface area contributed by atoms with Gasteiger partial charge in [-0.05, 0) is 37.6 Å². The van der Waals surface area contributed by atoms with E-state index in [0.29, 0.717) is 16.3 Å². The molecule has 0 aliphatic carbocycles. The normalized spacial score (nSPS) is 11.6. The molecule has 6 nitrogen and oxygen atoms in total. The Kier molecular flexibility index (Phi) is 5.06. The van der Waals surface area contributed by atoms with Gasteiger partial charge in [0.2, 0.25) is 0 Å². The van der Waals surface area contributed by atoms with E-state index in [0.717, 1.165) is 5.56 Å². The predicted molar refractivity (Wildman–Crippen MR) is 82.4 cm³/mol. The Morgan fingerprint density at radius 1 is 1.23 bits per heavy atom. The number of hydrogen-bond donors (Lipinski definition) is 3. The number of urea groups is 1. The molecule has 1 aromatic heterocycles. The minimum Gasteiger partial charge on any atom is -0.469 e. The third kappa shape index (κ3) is 4.02. The van der Waals surface area contributed by atoms with Crippen molar-refractivity contribution in [3.05, 3.63) is 58.5 Å². The molecule has 0 spiro atoms. The van der Waals surface area contributed by atoms with E-state index in [1.807, 2.05) is 13.0 Å². The van der Waals surface area contributed by atoms with Crippen LogP contribution in [-0.2, 0) is 0 Å². The van der Waals surface area contributed by atoms with Crippen molar-refractivity contribution in [3.8, 4) is 0 Å². The van der Waals surface area contributed by atoms with Gasteiger partial charge in [-0.25, -0.2) is 10.2 Å². The fourth-order valence-electron chi connectivity index (χ4n) is 1.89. The van der Waals surface area contributed by atoms with Crippen LogP contribution in [0, 0.1) is 6.92 Å². The van der Waals surface area contributed by atoms with Gasteiger partial charge < -0.3 is 9.73 Å². The van der Waals surface area contributed by atoms with Crippen LogP contribution in [0.2, 0.25) is 5.02 Å². The van der Waals surface area contributed by atoms with Crippen LogP contribution < -0.4 is 16.2 Å². The van der Waals surface area contributed by atoms with Crippen molar-refractivity contribution in [2.45, 2.75) is 19.9 Å². The van der Waals surface area contributed by atoms with E-state index in [4.69, 9.17) is 16.0 Å². The van der Waals surface area contributed by atoms with Gasteiger partial charge in [0, 0.05) is 5.02 Å². The van der Waals surface area contributed by atoms with Crippen LogP contribution in [0.4, 0.5) is 4.79 Å². The van der Waals surface area contributed by atoms with Crippen molar-refractivity contribution in [3.63, 3.8) is 0 Å². The molecule has 3 N–H and O–H groups in total. The fraction of sp³-hybridized carbons (Fsp3) is 0.200. The van der Waals surface area contributed by atoms with E-state index in [-0.39, 0.29) is 6.04 Å². The SMILES string of the molecule is Cc1occc1C(=O)NNC(=O)N[C@H](C)c1cccc(Cl)c1. The molecular weight excluding hydrogens is 306 g/mol. The summed E-state index contributed by atoms with van der Waals surface area (Å²) in [5, 5.41) is 3.28. The monoisotopic (exact) mass is 321 g/mol. The standard InChI is InChI=1S/C15H16ClN3O3/c1-9(11-4-3-5-12(16)8-11)17-15(21)19-18-14(20)13-6-7-22-10(13)2/h3-9H,1-2H3,(H,18,20)(H2,17,19,21)/t9-/m1/s1. The summed E-state index contributed by atoms with van der Waals surface area (Å²) < 4.78 is 5.02. The average molecular weight is 322 g/mol. The Morgan fingerprint density at radius 2 is 2.00 bits per heavy atom. The van der Waals surface area contributed by atoms with Gasteiger partial charge in [-0.15, -0.1) is 0 Å². The number of carbonyl (C=O) groups excluding carboxylic acids is 2. The molecule has 0 radical (unpaired) electrons. The average Bonchev–Trinajstić information content (AvgIpc) is 2.91. The molecule has 1 aromatic carbocycles. The second-order valence-electron chi connectivity index (χ2n) is 4.72. The Morgan fingerprint density at radius 3 is 2.64 bits per heavy atom. The summed E-state index contributed by atoms with van der Waals surface area (Å²) in [6.07, 6.45) is 1.41. The minimum absolute atomic E-state index is 0.258. The van der Waals surface area contributed by atoms with Crippen molar-refractivity contribution < 1.29 is 14.0 Å². The van der Waals surface area contributed by atoms with Crippen molar-refractivity contribution in [2.75, 3.05) is 0 Å². The molecule has 22 heavy (non-hydrogen) atoms. The summed E-state index contributed by atoms with van der Waals surface area (Å²) in [6, 6.07) is 7.92. The number of benzene rings is 1. The molecule has 0 aliphatic heterocycles. The lowest BCUT2D eigenvalue weighted by atomic mass is 10.1. The molecular formula is C15H16ClN3O3. The molecule has 1 atom stereocenters. The predicted octanol–water partition coefficient (Wildman–Crippen LogP) is 2.95. The highest BCUT2D eigenvalue weighted by molar-refractivity contribution is 6.30. The number of carbonyl (C=O) groups is 2. The van der Waals surface area contributed by atoms with Crippen LogP contribution in [0.5, 0.6) is 0 Å². The maximum Gasteiger partial charge on any atom is 0.333 e. The quantitative estimate of drug-likeness (QED) is 0.760. The first kappa shape index (κ1) is 15.9. The first-order valence-electron chi connectivity index (χ1n) is 6.64. The number of aryl methyl sites for hydroxylation is 1. The molecule has 116 valence electrons. The summed E-state index contributed by atoms with van der Waals surface area (Å²) in [4.78, 5) is 23.6. The molecule has 0 unspecified atom stereocenters. The Bertz CT molecular complexity index is 684. The van der Waals surface area contributed by atoms with Crippen molar-refractivity contribution >= 4 is 23.5 Å². The first-order chi connectivity index (χ1) is 10.5.